The fraction of sp³-hybridized carbons (Fsp3) is 0.133. The van der Waals surface area contributed by atoms with E-state index in [0.29, 0.717) is 5.13 Å². The molecule has 0 bridgehead atoms. The Labute approximate surface area is 130 Å². The summed E-state index contributed by atoms with van der Waals surface area (Å²) in [5.41, 5.74) is 0.728. The summed E-state index contributed by atoms with van der Waals surface area (Å²) in [5.74, 6) is -0.194. The number of aromatic nitrogens is 2. The predicted octanol–water partition coefficient (Wildman–Crippen LogP) is 2.26. The summed E-state index contributed by atoms with van der Waals surface area (Å²) in [6, 6.07) is 8.87. The van der Waals surface area contributed by atoms with E-state index in [1.807, 2.05) is 24.3 Å². The van der Waals surface area contributed by atoms with Gasteiger partial charge >= 0.3 is 0 Å². The van der Waals surface area contributed by atoms with E-state index in [9.17, 15) is 9.59 Å². The molecule has 0 fully saturated rings. The summed E-state index contributed by atoms with van der Waals surface area (Å²) in [7, 11) is 3.09. The van der Waals surface area contributed by atoms with Gasteiger partial charge in [0.15, 0.2) is 10.9 Å². The van der Waals surface area contributed by atoms with Crippen molar-refractivity contribution in [1.29, 1.82) is 0 Å². The number of rotatable bonds is 3. The van der Waals surface area contributed by atoms with Crippen LogP contribution in [0, 0.1) is 0 Å². The Hall–Kier alpha value is -2.67. The molecule has 0 spiro atoms. The van der Waals surface area contributed by atoms with Crippen LogP contribution in [0.2, 0.25) is 0 Å². The van der Waals surface area contributed by atoms with E-state index in [4.69, 9.17) is 4.74 Å². The largest absolute Gasteiger partial charge is 0.491 e. The van der Waals surface area contributed by atoms with Gasteiger partial charge in [0.05, 0.1) is 23.5 Å². The highest BCUT2D eigenvalue weighted by molar-refractivity contribution is 7.22. The number of carbonyl (C=O) groups excluding carboxylic acids is 1. The summed E-state index contributed by atoms with van der Waals surface area (Å²) in [6.45, 7) is 0. The Morgan fingerprint density at radius 1 is 1.36 bits per heavy atom. The van der Waals surface area contributed by atoms with Crippen molar-refractivity contribution >= 4 is 32.6 Å². The minimum atomic E-state index is -0.388. The Bertz CT molecular complexity index is 881. The third-order valence-corrected chi connectivity index (χ3v) is 4.12. The lowest BCUT2D eigenvalue weighted by Crippen LogP contribution is -2.21. The van der Waals surface area contributed by atoms with E-state index >= 15 is 0 Å². The molecule has 0 radical (unpaired) electrons. The van der Waals surface area contributed by atoms with Crippen LogP contribution >= 0.6 is 11.3 Å². The molecule has 22 heavy (non-hydrogen) atoms. The third-order valence-electron chi connectivity index (χ3n) is 3.17. The van der Waals surface area contributed by atoms with Crippen LogP contribution in [0.1, 0.15) is 10.5 Å². The number of ether oxygens (including phenoxy) is 1. The van der Waals surface area contributed by atoms with Crippen LogP contribution in [0.4, 0.5) is 5.13 Å². The van der Waals surface area contributed by atoms with Crippen molar-refractivity contribution in [2.24, 2.45) is 7.05 Å². The summed E-state index contributed by atoms with van der Waals surface area (Å²) in [6.07, 6.45) is 1.48. The molecule has 3 rings (SSSR count). The second-order valence-electron chi connectivity index (χ2n) is 4.64. The smallest absolute Gasteiger partial charge is 0.274 e. The highest BCUT2D eigenvalue weighted by Crippen LogP contribution is 2.25. The number of benzene rings is 1. The van der Waals surface area contributed by atoms with Crippen LogP contribution in [0.25, 0.3) is 10.2 Å². The van der Waals surface area contributed by atoms with E-state index in [1.165, 1.54) is 30.7 Å². The maximum Gasteiger partial charge on any atom is 0.274 e. The average Bonchev–Trinajstić information content (AvgIpc) is 2.91. The molecule has 0 saturated carbocycles. The summed E-state index contributed by atoms with van der Waals surface area (Å²) in [4.78, 5) is 28.4. The first-order chi connectivity index (χ1) is 10.6. The molecule has 7 heteroatoms. The number of thiazole rings is 1. The zero-order valence-corrected chi connectivity index (χ0v) is 12.8. The van der Waals surface area contributed by atoms with Gasteiger partial charge in [0.2, 0.25) is 5.43 Å². The molecule has 0 aliphatic heterocycles. The average molecular weight is 315 g/mol. The highest BCUT2D eigenvalue weighted by Gasteiger charge is 2.14. The summed E-state index contributed by atoms with van der Waals surface area (Å²) < 4.78 is 7.48. The molecule has 6 nitrogen and oxygen atoms in total. The molecular formula is C15H13N3O3S. The van der Waals surface area contributed by atoms with Gasteiger partial charge < -0.3 is 9.30 Å². The van der Waals surface area contributed by atoms with Gasteiger partial charge in [0.25, 0.3) is 5.91 Å². The van der Waals surface area contributed by atoms with Crippen LogP contribution in [0.3, 0.4) is 0 Å². The number of nitrogens with one attached hydrogen (secondary N) is 1. The fourth-order valence-electron chi connectivity index (χ4n) is 2.07. The first-order valence-electron chi connectivity index (χ1n) is 6.50. The second kappa shape index (κ2) is 5.61. The number of hydrogen-bond acceptors (Lipinski definition) is 5. The molecular weight excluding hydrogens is 302 g/mol. The molecule has 0 unspecified atom stereocenters. The molecule has 1 amide bonds. The van der Waals surface area contributed by atoms with Crippen molar-refractivity contribution in [3.63, 3.8) is 0 Å². The summed E-state index contributed by atoms with van der Waals surface area (Å²) >= 11 is 1.38. The first-order valence-corrected chi connectivity index (χ1v) is 7.31. The van der Waals surface area contributed by atoms with Gasteiger partial charge in [-0.25, -0.2) is 4.98 Å². The van der Waals surface area contributed by atoms with Gasteiger partial charge in [0, 0.05) is 13.1 Å². The predicted molar refractivity (Wildman–Crippen MR) is 85.8 cm³/mol. The van der Waals surface area contributed by atoms with Crippen molar-refractivity contribution in [2.75, 3.05) is 12.4 Å². The lowest BCUT2D eigenvalue weighted by molar-refractivity contribution is 0.101. The molecule has 0 saturated heterocycles. The molecule has 2 heterocycles. The number of aryl methyl sites for hydroxylation is 1. The number of methoxy groups -OCH3 is 1. The number of para-hydroxylation sites is 1. The Morgan fingerprint density at radius 2 is 2.14 bits per heavy atom. The molecule has 0 aliphatic rings. The molecule has 112 valence electrons. The number of carbonyl (C=O) groups is 1. The zero-order chi connectivity index (χ0) is 15.7. The molecule has 2 aromatic heterocycles. The minimum absolute atomic E-state index is 0.194. The third kappa shape index (κ3) is 2.58. The van der Waals surface area contributed by atoms with Crippen molar-refractivity contribution in [3.8, 4) is 5.75 Å². The number of anilines is 1. The van der Waals surface area contributed by atoms with E-state index in [2.05, 4.69) is 10.3 Å². The van der Waals surface area contributed by atoms with Crippen molar-refractivity contribution in [1.82, 2.24) is 9.55 Å². The SMILES string of the molecule is COc1cn(C)c(C(=O)Nc2nc3ccccc3s2)cc1=O. The van der Waals surface area contributed by atoms with Crippen LogP contribution in [-0.2, 0) is 7.05 Å². The van der Waals surface area contributed by atoms with Gasteiger partial charge in [-0.1, -0.05) is 23.5 Å². The highest BCUT2D eigenvalue weighted by atomic mass is 32.1. The minimum Gasteiger partial charge on any atom is -0.491 e. The van der Waals surface area contributed by atoms with Crippen molar-refractivity contribution < 1.29 is 9.53 Å². The Kier molecular flexibility index (Phi) is 3.64. The molecule has 1 N–H and O–H groups in total. The standard InChI is InChI=1S/C15H13N3O3S/c1-18-8-12(21-2)11(19)7-10(18)14(20)17-15-16-9-5-3-4-6-13(9)22-15/h3-8H,1-2H3,(H,16,17,20). The van der Waals surface area contributed by atoms with Gasteiger partial charge in [0.1, 0.15) is 5.69 Å². The lowest BCUT2D eigenvalue weighted by atomic mass is 10.3. The molecule has 3 aromatic rings. The number of fused-ring (bicyclic) bond motifs is 1. The van der Waals surface area contributed by atoms with E-state index in [-0.39, 0.29) is 22.8 Å². The Balaban J connectivity index is 1.91. The van der Waals surface area contributed by atoms with Crippen LogP contribution < -0.4 is 15.5 Å². The normalized spacial score (nSPS) is 10.6. The van der Waals surface area contributed by atoms with Crippen LogP contribution in [0.15, 0.2) is 41.3 Å². The maximum atomic E-state index is 12.3. The van der Waals surface area contributed by atoms with Crippen LogP contribution in [-0.4, -0.2) is 22.6 Å². The zero-order valence-electron chi connectivity index (χ0n) is 12.0. The lowest BCUT2D eigenvalue weighted by Gasteiger charge is -2.09. The second-order valence-corrected chi connectivity index (χ2v) is 5.67. The maximum absolute atomic E-state index is 12.3. The number of nitrogens with zero attached hydrogens (tertiary/aromatic N) is 2. The topological polar surface area (TPSA) is 73.2 Å². The first kappa shape index (κ1) is 14.3. The molecule has 0 aliphatic carbocycles. The van der Waals surface area contributed by atoms with E-state index in [0.717, 1.165) is 10.2 Å². The molecule has 1 aromatic carbocycles. The van der Waals surface area contributed by atoms with E-state index < -0.39 is 0 Å². The quantitative estimate of drug-likeness (QED) is 0.804. The van der Waals surface area contributed by atoms with Gasteiger partial charge in [-0.3, -0.25) is 14.9 Å². The Morgan fingerprint density at radius 3 is 2.86 bits per heavy atom. The summed E-state index contributed by atoms with van der Waals surface area (Å²) in [5, 5.41) is 3.22. The number of amides is 1. The van der Waals surface area contributed by atoms with Gasteiger partial charge in [-0.05, 0) is 12.1 Å². The number of hydrogen-bond donors (Lipinski definition) is 1. The number of pyridine rings is 1. The van der Waals surface area contributed by atoms with Gasteiger partial charge in [-0.2, -0.15) is 0 Å². The van der Waals surface area contributed by atoms with Crippen molar-refractivity contribution in [3.05, 3.63) is 52.4 Å². The molecule has 0 atom stereocenters. The van der Waals surface area contributed by atoms with E-state index in [1.54, 1.807) is 11.6 Å². The van der Waals surface area contributed by atoms with Crippen LogP contribution in [0.5, 0.6) is 5.75 Å². The monoisotopic (exact) mass is 315 g/mol. The fourth-order valence-corrected chi connectivity index (χ4v) is 2.93. The van der Waals surface area contributed by atoms with Gasteiger partial charge in [-0.15, -0.1) is 0 Å². The van der Waals surface area contributed by atoms with Crippen molar-refractivity contribution in [2.45, 2.75) is 0 Å².